The van der Waals surface area contributed by atoms with Gasteiger partial charge in [0, 0.05) is 44.7 Å². The number of morpholine rings is 1. The molecule has 0 saturated carbocycles. The lowest BCUT2D eigenvalue weighted by Gasteiger charge is -2.41. The van der Waals surface area contributed by atoms with Crippen molar-refractivity contribution >= 4 is 5.96 Å². The number of nitrogens with one attached hydrogen (secondary N) is 2. The van der Waals surface area contributed by atoms with E-state index in [0.29, 0.717) is 6.54 Å². The molecule has 0 unspecified atom stereocenters. The van der Waals surface area contributed by atoms with Gasteiger partial charge in [-0.15, -0.1) is 10.2 Å². The molecule has 1 aromatic heterocycles. The van der Waals surface area contributed by atoms with E-state index in [1.807, 2.05) is 0 Å². The molecule has 152 valence electrons. The lowest BCUT2D eigenvalue weighted by Crippen LogP contribution is -2.56. The highest BCUT2D eigenvalue weighted by Gasteiger charge is 2.28. The first-order chi connectivity index (χ1) is 13.1. The van der Waals surface area contributed by atoms with E-state index >= 15 is 0 Å². The van der Waals surface area contributed by atoms with Crippen LogP contribution >= 0.6 is 0 Å². The Morgan fingerprint density at radius 2 is 1.93 bits per heavy atom. The molecule has 0 spiro atoms. The number of aromatic nitrogens is 3. The number of aliphatic imine (C=N–C) groups is 1. The van der Waals surface area contributed by atoms with Crippen LogP contribution in [0, 0.1) is 0 Å². The van der Waals surface area contributed by atoms with E-state index in [2.05, 4.69) is 51.1 Å². The average Bonchev–Trinajstić information content (AvgIpc) is 2.91. The van der Waals surface area contributed by atoms with Gasteiger partial charge in [0.25, 0.3) is 0 Å². The van der Waals surface area contributed by atoms with Gasteiger partial charge in [-0.3, -0.25) is 4.90 Å². The SMILES string of the molecule is CCNC(=NCc1nnc2n1CCCCC2)NCC(C)(C)N1CCOCC1. The number of hydrogen-bond acceptors (Lipinski definition) is 5. The summed E-state index contributed by atoms with van der Waals surface area (Å²) in [5.41, 5.74) is 0.0475. The van der Waals surface area contributed by atoms with E-state index in [1.165, 1.54) is 19.3 Å². The van der Waals surface area contributed by atoms with Crippen LogP contribution in [0.3, 0.4) is 0 Å². The normalized spacial score (nSPS) is 19.4. The molecule has 0 amide bonds. The quantitative estimate of drug-likeness (QED) is 0.572. The molecular formula is C19H35N7O. The Kier molecular flexibility index (Phi) is 7.07. The summed E-state index contributed by atoms with van der Waals surface area (Å²) in [6.07, 6.45) is 4.71. The molecular weight excluding hydrogens is 342 g/mol. The number of rotatable bonds is 6. The Morgan fingerprint density at radius 1 is 1.11 bits per heavy atom. The molecule has 0 atom stereocenters. The van der Waals surface area contributed by atoms with Gasteiger partial charge in [0.1, 0.15) is 12.4 Å². The van der Waals surface area contributed by atoms with Crippen molar-refractivity contribution in [1.29, 1.82) is 0 Å². The highest BCUT2D eigenvalue weighted by Crippen LogP contribution is 2.16. The Hall–Kier alpha value is -1.67. The van der Waals surface area contributed by atoms with Crippen LogP contribution in [0.1, 0.15) is 51.7 Å². The van der Waals surface area contributed by atoms with Gasteiger partial charge in [0.2, 0.25) is 0 Å². The minimum absolute atomic E-state index is 0.0475. The summed E-state index contributed by atoms with van der Waals surface area (Å²) in [4.78, 5) is 7.25. The van der Waals surface area contributed by atoms with Gasteiger partial charge >= 0.3 is 0 Å². The fourth-order valence-electron chi connectivity index (χ4n) is 3.73. The van der Waals surface area contributed by atoms with E-state index in [0.717, 1.165) is 70.0 Å². The summed E-state index contributed by atoms with van der Waals surface area (Å²) in [7, 11) is 0. The molecule has 0 radical (unpaired) electrons. The predicted molar refractivity (Wildman–Crippen MR) is 107 cm³/mol. The van der Waals surface area contributed by atoms with Crippen LogP contribution in [0.4, 0.5) is 0 Å². The second kappa shape index (κ2) is 9.50. The van der Waals surface area contributed by atoms with E-state index < -0.39 is 0 Å². The third kappa shape index (κ3) is 5.42. The molecule has 1 saturated heterocycles. The summed E-state index contributed by atoms with van der Waals surface area (Å²) in [5.74, 6) is 2.92. The summed E-state index contributed by atoms with van der Waals surface area (Å²) in [6, 6.07) is 0. The fraction of sp³-hybridized carbons (Fsp3) is 0.842. The topological polar surface area (TPSA) is 79.6 Å². The number of fused-ring (bicyclic) bond motifs is 1. The summed E-state index contributed by atoms with van der Waals surface area (Å²) < 4.78 is 7.74. The van der Waals surface area contributed by atoms with Crippen molar-refractivity contribution in [2.45, 2.75) is 65.1 Å². The Bertz CT molecular complexity index is 620. The molecule has 8 nitrogen and oxygen atoms in total. The van der Waals surface area contributed by atoms with Crippen molar-refractivity contribution < 1.29 is 4.74 Å². The van der Waals surface area contributed by atoms with Crippen molar-refractivity contribution in [2.75, 3.05) is 39.4 Å². The lowest BCUT2D eigenvalue weighted by atomic mass is 10.0. The number of aryl methyl sites for hydroxylation is 1. The largest absolute Gasteiger partial charge is 0.379 e. The van der Waals surface area contributed by atoms with E-state index in [4.69, 9.17) is 9.73 Å². The molecule has 0 aliphatic carbocycles. The van der Waals surface area contributed by atoms with Gasteiger partial charge in [0.05, 0.1) is 13.2 Å². The van der Waals surface area contributed by atoms with Gasteiger partial charge < -0.3 is 19.9 Å². The molecule has 2 aliphatic heterocycles. The molecule has 3 heterocycles. The maximum atomic E-state index is 5.48. The van der Waals surface area contributed by atoms with Crippen molar-refractivity contribution in [3.05, 3.63) is 11.6 Å². The molecule has 1 fully saturated rings. The lowest BCUT2D eigenvalue weighted by molar-refractivity contribution is -0.00834. The number of ether oxygens (including phenoxy) is 1. The van der Waals surface area contributed by atoms with Crippen molar-refractivity contribution in [2.24, 2.45) is 4.99 Å². The van der Waals surface area contributed by atoms with E-state index in [1.54, 1.807) is 0 Å². The first-order valence-corrected chi connectivity index (χ1v) is 10.4. The molecule has 8 heteroatoms. The average molecular weight is 378 g/mol. The zero-order chi connectivity index (χ0) is 19.1. The molecule has 2 N–H and O–H groups in total. The molecule has 1 aromatic rings. The smallest absolute Gasteiger partial charge is 0.191 e. The first-order valence-electron chi connectivity index (χ1n) is 10.4. The number of hydrogen-bond donors (Lipinski definition) is 2. The van der Waals surface area contributed by atoms with Crippen LogP contribution in [0.2, 0.25) is 0 Å². The van der Waals surface area contributed by atoms with Crippen molar-refractivity contribution in [3.8, 4) is 0 Å². The second-order valence-electron chi connectivity index (χ2n) is 7.96. The third-order valence-electron chi connectivity index (χ3n) is 5.46. The predicted octanol–water partition coefficient (Wildman–Crippen LogP) is 1.17. The summed E-state index contributed by atoms with van der Waals surface area (Å²) in [5, 5.41) is 15.6. The maximum absolute atomic E-state index is 5.48. The van der Waals surface area contributed by atoms with Gasteiger partial charge in [-0.1, -0.05) is 6.42 Å². The van der Waals surface area contributed by atoms with Crippen LogP contribution in [0.15, 0.2) is 4.99 Å². The molecule has 0 bridgehead atoms. The molecule has 0 aromatic carbocycles. The standard InChI is InChI=1S/C19H35N7O/c1-4-20-18(22-15-19(2,3)25-10-12-27-13-11-25)21-14-17-24-23-16-8-6-5-7-9-26(16)17/h4-15H2,1-3H3,(H2,20,21,22). The highest BCUT2D eigenvalue weighted by molar-refractivity contribution is 5.79. The van der Waals surface area contributed by atoms with E-state index in [9.17, 15) is 0 Å². The Balaban J connectivity index is 1.60. The van der Waals surface area contributed by atoms with Gasteiger partial charge in [-0.25, -0.2) is 4.99 Å². The van der Waals surface area contributed by atoms with Crippen LogP contribution in [-0.4, -0.2) is 70.6 Å². The number of nitrogens with zero attached hydrogens (tertiary/aromatic N) is 5. The molecule has 27 heavy (non-hydrogen) atoms. The first kappa shape index (κ1) is 20.1. The monoisotopic (exact) mass is 377 g/mol. The van der Waals surface area contributed by atoms with Gasteiger partial charge in [-0.05, 0) is 33.6 Å². The minimum Gasteiger partial charge on any atom is -0.379 e. The highest BCUT2D eigenvalue weighted by atomic mass is 16.5. The van der Waals surface area contributed by atoms with Crippen molar-refractivity contribution in [1.82, 2.24) is 30.3 Å². The fourth-order valence-corrected chi connectivity index (χ4v) is 3.73. The van der Waals surface area contributed by atoms with Crippen LogP contribution in [-0.2, 0) is 24.2 Å². The zero-order valence-electron chi connectivity index (χ0n) is 17.1. The maximum Gasteiger partial charge on any atom is 0.191 e. The second-order valence-corrected chi connectivity index (χ2v) is 7.96. The van der Waals surface area contributed by atoms with Crippen molar-refractivity contribution in [3.63, 3.8) is 0 Å². The third-order valence-corrected chi connectivity index (χ3v) is 5.46. The van der Waals surface area contributed by atoms with Gasteiger partial charge in [-0.2, -0.15) is 0 Å². The summed E-state index contributed by atoms with van der Waals surface area (Å²) >= 11 is 0. The van der Waals surface area contributed by atoms with E-state index in [-0.39, 0.29) is 5.54 Å². The Labute approximate surface area is 162 Å². The summed E-state index contributed by atoms with van der Waals surface area (Å²) in [6.45, 7) is 13.5. The molecule has 2 aliphatic rings. The molecule has 3 rings (SSSR count). The zero-order valence-corrected chi connectivity index (χ0v) is 17.1. The Morgan fingerprint density at radius 3 is 2.70 bits per heavy atom. The van der Waals surface area contributed by atoms with Crippen LogP contribution in [0.25, 0.3) is 0 Å². The van der Waals surface area contributed by atoms with Gasteiger partial charge in [0.15, 0.2) is 11.8 Å². The minimum atomic E-state index is 0.0475. The number of guanidine groups is 1. The van der Waals surface area contributed by atoms with Crippen LogP contribution < -0.4 is 10.6 Å². The van der Waals surface area contributed by atoms with Crippen LogP contribution in [0.5, 0.6) is 0 Å².